The van der Waals surface area contributed by atoms with Crippen LogP contribution in [-0.4, -0.2) is 15.0 Å². The standard InChI is InChI=1S/C54H37N3O/c1-54(2)45-23-10-9-20-42(45)49-41(21-12-24-46(49)54)40-19-11-18-38(32-40)39-30-31-47-44(33-39)50-43(22-13-25-48(50)58-47)53-56-51(36-16-7-4-8-17-36)55-52(57-53)37-28-26-35(27-29-37)34-14-5-3-6-15-34/h3-33H,1-2H3. The number of aromatic nitrogens is 3. The van der Waals surface area contributed by atoms with Crippen molar-refractivity contribution in [1.29, 1.82) is 0 Å². The molecule has 1 aliphatic carbocycles. The van der Waals surface area contributed by atoms with Crippen molar-refractivity contribution in [2.75, 3.05) is 0 Å². The van der Waals surface area contributed by atoms with E-state index in [1.165, 1.54) is 38.9 Å². The zero-order valence-corrected chi connectivity index (χ0v) is 32.1. The van der Waals surface area contributed by atoms with Crippen molar-refractivity contribution < 1.29 is 4.42 Å². The first-order valence-corrected chi connectivity index (χ1v) is 19.8. The summed E-state index contributed by atoms with van der Waals surface area (Å²) in [6, 6.07) is 66.1. The van der Waals surface area contributed by atoms with E-state index < -0.39 is 0 Å². The highest BCUT2D eigenvalue weighted by Crippen LogP contribution is 2.52. The summed E-state index contributed by atoms with van der Waals surface area (Å²) in [7, 11) is 0. The fraction of sp³-hybridized carbons (Fsp3) is 0.0556. The van der Waals surface area contributed by atoms with Crippen LogP contribution in [0.25, 0.3) is 101 Å². The lowest BCUT2D eigenvalue weighted by Crippen LogP contribution is -2.14. The monoisotopic (exact) mass is 743 g/mol. The van der Waals surface area contributed by atoms with E-state index in [1.54, 1.807) is 0 Å². The minimum atomic E-state index is -0.0568. The molecule has 0 radical (unpaired) electrons. The minimum absolute atomic E-state index is 0.0568. The van der Waals surface area contributed by atoms with E-state index in [4.69, 9.17) is 19.4 Å². The Hall–Kier alpha value is -7.43. The van der Waals surface area contributed by atoms with E-state index in [1.807, 2.05) is 48.5 Å². The molecule has 274 valence electrons. The van der Waals surface area contributed by atoms with Crippen LogP contribution in [0.1, 0.15) is 25.0 Å². The smallest absolute Gasteiger partial charge is 0.164 e. The molecule has 0 saturated carbocycles. The molecule has 8 aromatic carbocycles. The average Bonchev–Trinajstić information content (AvgIpc) is 3.78. The third-order valence-electron chi connectivity index (χ3n) is 11.8. The summed E-state index contributed by atoms with van der Waals surface area (Å²) in [5.41, 5.74) is 16.7. The zero-order chi connectivity index (χ0) is 38.8. The van der Waals surface area contributed by atoms with Crippen LogP contribution in [0.3, 0.4) is 0 Å². The van der Waals surface area contributed by atoms with E-state index in [-0.39, 0.29) is 5.41 Å². The first-order chi connectivity index (χ1) is 28.5. The molecular formula is C54H37N3O. The molecule has 0 aliphatic heterocycles. The van der Waals surface area contributed by atoms with Crippen LogP contribution in [0.2, 0.25) is 0 Å². The minimum Gasteiger partial charge on any atom is -0.456 e. The van der Waals surface area contributed by atoms with Gasteiger partial charge in [0, 0.05) is 32.9 Å². The lowest BCUT2D eigenvalue weighted by Gasteiger charge is -2.21. The van der Waals surface area contributed by atoms with Gasteiger partial charge in [0.2, 0.25) is 0 Å². The van der Waals surface area contributed by atoms with Gasteiger partial charge in [0.1, 0.15) is 11.2 Å². The summed E-state index contributed by atoms with van der Waals surface area (Å²) < 4.78 is 6.52. The molecule has 0 fully saturated rings. The molecule has 0 atom stereocenters. The Balaban J connectivity index is 1.04. The van der Waals surface area contributed by atoms with Gasteiger partial charge in [-0.15, -0.1) is 0 Å². The Morgan fingerprint density at radius 2 is 0.879 bits per heavy atom. The van der Waals surface area contributed by atoms with Gasteiger partial charge in [0.05, 0.1) is 0 Å². The first kappa shape index (κ1) is 33.9. The van der Waals surface area contributed by atoms with Crippen molar-refractivity contribution >= 4 is 21.9 Å². The Morgan fingerprint density at radius 1 is 0.362 bits per heavy atom. The SMILES string of the molecule is CC1(C)c2ccccc2-c2c(-c3cccc(-c4ccc5oc6cccc(-c7nc(-c8ccccc8)nc(-c8ccc(-c9ccccc9)cc8)n7)c6c5c4)c3)cccc21. The van der Waals surface area contributed by atoms with Crippen molar-refractivity contribution in [2.24, 2.45) is 0 Å². The summed E-state index contributed by atoms with van der Waals surface area (Å²) >= 11 is 0. The van der Waals surface area contributed by atoms with Crippen LogP contribution in [0.4, 0.5) is 0 Å². The molecule has 2 aromatic heterocycles. The molecule has 0 spiro atoms. The quantitative estimate of drug-likeness (QED) is 0.170. The predicted octanol–water partition coefficient (Wildman–Crippen LogP) is 14.1. The summed E-state index contributed by atoms with van der Waals surface area (Å²) in [5, 5.41) is 1.99. The fourth-order valence-electron chi connectivity index (χ4n) is 8.84. The lowest BCUT2D eigenvalue weighted by molar-refractivity contribution is 0.660. The van der Waals surface area contributed by atoms with Gasteiger partial charge < -0.3 is 4.42 Å². The van der Waals surface area contributed by atoms with Crippen molar-refractivity contribution in [3.05, 3.63) is 199 Å². The molecule has 2 heterocycles. The van der Waals surface area contributed by atoms with Crippen LogP contribution in [0.15, 0.2) is 192 Å². The molecule has 4 nitrogen and oxygen atoms in total. The van der Waals surface area contributed by atoms with E-state index in [9.17, 15) is 0 Å². The number of hydrogen-bond donors (Lipinski definition) is 0. The van der Waals surface area contributed by atoms with Crippen LogP contribution in [0.5, 0.6) is 0 Å². The summed E-state index contributed by atoms with van der Waals surface area (Å²) in [4.78, 5) is 15.3. The molecule has 0 bridgehead atoms. The molecule has 0 amide bonds. The second-order valence-corrected chi connectivity index (χ2v) is 15.6. The van der Waals surface area contributed by atoms with Crippen LogP contribution in [-0.2, 0) is 5.41 Å². The second kappa shape index (κ2) is 13.4. The maximum absolute atomic E-state index is 6.52. The van der Waals surface area contributed by atoms with Gasteiger partial charge in [-0.05, 0) is 79.9 Å². The molecular weight excluding hydrogens is 707 g/mol. The van der Waals surface area contributed by atoms with E-state index >= 15 is 0 Å². The number of fused-ring (bicyclic) bond motifs is 6. The molecule has 1 aliphatic rings. The Morgan fingerprint density at radius 3 is 1.67 bits per heavy atom. The maximum Gasteiger partial charge on any atom is 0.164 e. The number of furan rings is 1. The second-order valence-electron chi connectivity index (χ2n) is 15.6. The molecule has 0 saturated heterocycles. The number of benzene rings is 8. The predicted molar refractivity (Wildman–Crippen MR) is 237 cm³/mol. The van der Waals surface area contributed by atoms with Crippen molar-refractivity contribution in [3.8, 4) is 78.7 Å². The van der Waals surface area contributed by atoms with Crippen LogP contribution in [0, 0.1) is 0 Å². The number of nitrogens with zero attached hydrogens (tertiary/aromatic N) is 3. The summed E-state index contributed by atoms with van der Waals surface area (Å²) in [5.74, 6) is 1.83. The molecule has 4 heteroatoms. The first-order valence-electron chi connectivity index (χ1n) is 19.8. The highest BCUT2D eigenvalue weighted by Gasteiger charge is 2.36. The molecule has 0 unspecified atom stereocenters. The molecule has 0 N–H and O–H groups in total. The largest absolute Gasteiger partial charge is 0.456 e. The number of rotatable bonds is 6. The lowest BCUT2D eigenvalue weighted by atomic mass is 9.82. The normalized spacial score (nSPS) is 12.8. The topological polar surface area (TPSA) is 51.8 Å². The molecule has 58 heavy (non-hydrogen) atoms. The zero-order valence-electron chi connectivity index (χ0n) is 32.1. The fourth-order valence-corrected chi connectivity index (χ4v) is 8.84. The summed E-state index contributed by atoms with van der Waals surface area (Å²) in [6.07, 6.45) is 0. The van der Waals surface area contributed by atoms with E-state index in [2.05, 4.69) is 153 Å². The average molecular weight is 744 g/mol. The van der Waals surface area contributed by atoms with Crippen molar-refractivity contribution in [1.82, 2.24) is 15.0 Å². The maximum atomic E-state index is 6.52. The highest BCUT2D eigenvalue weighted by molar-refractivity contribution is 6.13. The van der Waals surface area contributed by atoms with Gasteiger partial charge in [-0.3, -0.25) is 0 Å². The third-order valence-corrected chi connectivity index (χ3v) is 11.8. The van der Waals surface area contributed by atoms with Gasteiger partial charge in [-0.25, -0.2) is 15.0 Å². The molecule has 11 rings (SSSR count). The summed E-state index contributed by atoms with van der Waals surface area (Å²) in [6.45, 7) is 4.67. The highest BCUT2D eigenvalue weighted by atomic mass is 16.3. The Kier molecular flexibility index (Phi) is 7.80. The molecule has 10 aromatic rings. The van der Waals surface area contributed by atoms with Crippen molar-refractivity contribution in [2.45, 2.75) is 19.3 Å². The van der Waals surface area contributed by atoms with Gasteiger partial charge >= 0.3 is 0 Å². The Bertz CT molecular complexity index is 3180. The Labute approximate surface area is 337 Å². The van der Waals surface area contributed by atoms with E-state index in [0.717, 1.165) is 55.3 Å². The van der Waals surface area contributed by atoms with Gasteiger partial charge in [-0.2, -0.15) is 0 Å². The van der Waals surface area contributed by atoms with Crippen LogP contribution >= 0.6 is 0 Å². The van der Waals surface area contributed by atoms with Crippen molar-refractivity contribution in [3.63, 3.8) is 0 Å². The number of hydrogen-bond acceptors (Lipinski definition) is 4. The third kappa shape index (κ3) is 5.56. The van der Waals surface area contributed by atoms with Crippen LogP contribution < -0.4 is 0 Å². The van der Waals surface area contributed by atoms with Gasteiger partial charge in [0.15, 0.2) is 17.5 Å². The van der Waals surface area contributed by atoms with Gasteiger partial charge in [-0.1, -0.05) is 178 Å². The van der Waals surface area contributed by atoms with E-state index in [0.29, 0.717) is 17.5 Å². The van der Waals surface area contributed by atoms with Gasteiger partial charge in [0.25, 0.3) is 0 Å².